The maximum absolute atomic E-state index is 10.0. The number of hydrogen-bond acceptors (Lipinski definition) is 3. The first kappa shape index (κ1) is 12.8. The molecule has 0 aliphatic rings. The van der Waals surface area contributed by atoms with E-state index in [0.717, 1.165) is 0 Å². The standard InChI is InChI=1S/C5H10O3.C3H6/c1-5(7)8-4-2-3-6;1-3-2/h6H,2-4H2,1H3;3H,1H2,2H3. The molecule has 0 amide bonds. The van der Waals surface area contributed by atoms with Crippen LogP contribution in [0.4, 0.5) is 0 Å². The molecule has 3 nitrogen and oxygen atoms in total. The van der Waals surface area contributed by atoms with Gasteiger partial charge in [-0.25, -0.2) is 0 Å². The maximum Gasteiger partial charge on any atom is 0.302 e. The molecule has 0 bridgehead atoms. The molecule has 66 valence electrons. The van der Waals surface area contributed by atoms with Gasteiger partial charge in [-0.05, 0) is 6.92 Å². The van der Waals surface area contributed by atoms with Crippen molar-refractivity contribution in [2.24, 2.45) is 0 Å². The summed E-state index contributed by atoms with van der Waals surface area (Å²) < 4.78 is 4.48. The van der Waals surface area contributed by atoms with Crippen LogP contribution in [0.15, 0.2) is 12.7 Å². The van der Waals surface area contributed by atoms with Gasteiger partial charge in [-0.15, -0.1) is 6.58 Å². The van der Waals surface area contributed by atoms with Gasteiger partial charge in [0.1, 0.15) is 0 Å². The second-order valence-corrected chi connectivity index (χ2v) is 1.83. The van der Waals surface area contributed by atoms with Crippen LogP contribution in [0.3, 0.4) is 0 Å². The predicted octanol–water partition coefficient (Wildman–Crippen LogP) is 1.12. The number of carbonyl (C=O) groups excluding carboxylic acids is 1. The van der Waals surface area contributed by atoms with Crippen molar-refractivity contribution >= 4 is 5.97 Å². The minimum absolute atomic E-state index is 0.0767. The Hall–Kier alpha value is -0.830. The van der Waals surface area contributed by atoms with Crippen LogP contribution in [0.2, 0.25) is 0 Å². The van der Waals surface area contributed by atoms with Crippen molar-refractivity contribution in [1.29, 1.82) is 0 Å². The van der Waals surface area contributed by atoms with Crippen LogP contribution < -0.4 is 0 Å². The molecule has 0 fully saturated rings. The lowest BCUT2D eigenvalue weighted by Crippen LogP contribution is -2.01. The first-order chi connectivity index (χ1) is 5.18. The van der Waals surface area contributed by atoms with Crippen molar-refractivity contribution in [2.45, 2.75) is 20.3 Å². The van der Waals surface area contributed by atoms with Crippen molar-refractivity contribution in [2.75, 3.05) is 13.2 Å². The molecule has 0 aliphatic carbocycles. The third-order valence-corrected chi connectivity index (χ3v) is 0.608. The van der Waals surface area contributed by atoms with E-state index in [0.29, 0.717) is 13.0 Å². The summed E-state index contributed by atoms with van der Waals surface area (Å²) in [6.07, 6.45) is 2.28. The Bertz CT molecular complexity index is 99.5. The van der Waals surface area contributed by atoms with Crippen molar-refractivity contribution < 1.29 is 14.6 Å². The van der Waals surface area contributed by atoms with E-state index in [2.05, 4.69) is 11.3 Å². The third-order valence-electron chi connectivity index (χ3n) is 0.608. The van der Waals surface area contributed by atoms with E-state index < -0.39 is 0 Å². The second-order valence-electron chi connectivity index (χ2n) is 1.83. The van der Waals surface area contributed by atoms with Gasteiger partial charge >= 0.3 is 5.97 Å². The highest BCUT2D eigenvalue weighted by Gasteiger charge is 1.88. The fourth-order valence-corrected chi connectivity index (χ4v) is 0.280. The number of carbonyl (C=O) groups is 1. The van der Waals surface area contributed by atoms with E-state index in [1.165, 1.54) is 6.92 Å². The summed E-state index contributed by atoms with van der Waals surface area (Å²) in [5, 5.41) is 8.19. The summed E-state index contributed by atoms with van der Waals surface area (Å²) in [6, 6.07) is 0. The lowest BCUT2D eigenvalue weighted by molar-refractivity contribution is -0.141. The van der Waals surface area contributed by atoms with Crippen LogP contribution in [-0.2, 0) is 9.53 Å². The van der Waals surface area contributed by atoms with Crippen LogP contribution in [0.5, 0.6) is 0 Å². The third kappa shape index (κ3) is 27.1. The van der Waals surface area contributed by atoms with Gasteiger partial charge in [0.2, 0.25) is 0 Å². The first-order valence-electron chi connectivity index (χ1n) is 3.50. The van der Waals surface area contributed by atoms with Crippen LogP contribution in [0.25, 0.3) is 0 Å². The fourth-order valence-electron chi connectivity index (χ4n) is 0.280. The molecule has 1 N–H and O–H groups in total. The van der Waals surface area contributed by atoms with E-state index in [1.807, 2.05) is 6.92 Å². The molecule has 0 aromatic carbocycles. The lowest BCUT2D eigenvalue weighted by atomic mass is 10.5. The van der Waals surface area contributed by atoms with Gasteiger partial charge in [0, 0.05) is 20.0 Å². The number of rotatable bonds is 3. The highest BCUT2D eigenvalue weighted by Crippen LogP contribution is 1.79. The monoisotopic (exact) mass is 160 g/mol. The highest BCUT2D eigenvalue weighted by molar-refractivity contribution is 5.65. The Morgan fingerprint density at radius 3 is 2.45 bits per heavy atom. The Labute approximate surface area is 67.7 Å². The zero-order chi connectivity index (χ0) is 9.11. The number of aliphatic hydroxyl groups excluding tert-OH is 1. The van der Waals surface area contributed by atoms with Crippen LogP contribution >= 0.6 is 0 Å². The minimum atomic E-state index is -0.293. The van der Waals surface area contributed by atoms with Crippen molar-refractivity contribution in [1.82, 2.24) is 0 Å². The number of aliphatic hydroxyl groups is 1. The van der Waals surface area contributed by atoms with Gasteiger partial charge in [0.05, 0.1) is 6.61 Å². The maximum atomic E-state index is 10.0. The Morgan fingerprint density at radius 1 is 1.73 bits per heavy atom. The van der Waals surface area contributed by atoms with Gasteiger partial charge in [-0.3, -0.25) is 4.79 Å². The molecule has 0 spiro atoms. The van der Waals surface area contributed by atoms with E-state index in [4.69, 9.17) is 5.11 Å². The van der Waals surface area contributed by atoms with Crippen molar-refractivity contribution in [3.05, 3.63) is 12.7 Å². The van der Waals surface area contributed by atoms with Crippen LogP contribution in [0, 0.1) is 0 Å². The van der Waals surface area contributed by atoms with E-state index >= 15 is 0 Å². The van der Waals surface area contributed by atoms with Gasteiger partial charge in [-0.1, -0.05) is 6.08 Å². The lowest BCUT2D eigenvalue weighted by Gasteiger charge is -1.96. The predicted molar refractivity (Wildman–Crippen MR) is 44.2 cm³/mol. The molecular weight excluding hydrogens is 144 g/mol. The molecular formula is C8H16O3. The quantitative estimate of drug-likeness (QED) is 0.382. The summed E-state index contributed by atoms with van der Waals surface area (Å²) in [4.78, 5) is 10.0. The topological polar surface area (TPSA) is 46.5 Å². The molecule has 11 heavy (non-hydrogen) atoms. The van der Waals surface area contributed by atoms with Gasteiger partial charge < -0.3 is 9.84 Å². The van der Waals surface area contributed by atoms with Crippen molar-refractivity contribution in [3.8, 4) is 0 Å². The number of ether oxygens (including phenoxy) is 1. The van der Waals surface area contributed by atoms with E-state index in [-0.39, 0.29) is 12.6 Å². The van der Waals surface area contributed by atoms with Gasteiger partial charge in [0.25, 0.3) is 0 Å². The van der Waals surface area contributed by atoms with E-state index in [1.54, 1.807) is 6.08 Å². The number of esters is 1. The summed E-state index contributed by atoms with van der Waals surface area (Å²) in [5.74, 6) is -0.293. The molecule has 0 rings (SSSR count). The number of hydrogen-bond donors (Lipinski definition) is 1. The molecule has 0 saturated carbocycles. The molecule has 0 atom stereocenters. The molecule has 0 aliphatic heterocycles. The summed E-state index contributed by atoms with van der Waals surface area (Å²) in [6.45, 7) is 7.00. The Morgan fingerprint density at radius 2 is 2.18 bits per heavy atom. The molecule has 0 aromatic rings. The zero-order valence-electron chi connectivity index (χ0n) is 7.17. The van der Waals surface area contributed by atoms with Gasteiger partial charge in [-0.2, -0.15) is 0 Å². The molecule has 0 heterocycles. The van der Waals surface area contributed by atoms with Crippen LogP contribution in [0.1, 0.15) is 20.3 Å². The average molecular weight is 160 g/mol. The molecule has 0 radical (unpaired) electrons. The number of allylic oxidation sites excluding steroid dienone is 1. The molecule has 0 saturated heterocycles. The minimum Gasteiger partial charge on any atom is -0.466 e. The van der Waals surface area contributed by atoms with E-state index in [9.17, 15) is 4.79 Å². The largest absolute Gasteiger partial charge is 0.466 e. The van der Waals surface area contributed by atoms with Gasteiger partial charge in [0.15, 0.2) is 0 Å². The summed E-state index contributed by atoms with van der Waals surface area (Å²) in [7, 11) is 0. The first-order valence-corrected chi connectivity index (χ1v) is 3.50. The molecule has 0 aromatic heterocycles. The van der Waals surface area contributed by atoms with Crippen LogP contribution in [-0.4, -0.2) is 24.3 Å². The SMILES string of the molecule is C=CC.CC(=O)OCCCO. The molecule has 3 heteroatoms. The summed E-state index contributed by atoms with van der Waals surface area (Å²) in [5.41, 5.74) is 0. The summed E-state index contributed by atoms with van der Waals surface area (Å²) >= 11 is 0. The Kier molecular flexibility index (Phi) is 13.9. The highest BCUT2D eigenvalue weighted by atomic mass is 16.5. The Balaban J connectivity index is 0. The zero-order valence-corrected chi connectivity index (χ0v) is 7.17. The smallest absolute Gasteiger partial charge is 0.302 e. The second kappa shape index (κ2) is 11.9. The normalized spacial score (nSPS) is 7.55. The van der Waals surface area contributed by atoms with Crippen molar-refractivity contribution in [3.63, 3.8) is 0 Å². The fraction of sp³-hybridized carbons (Fsp3) is 0.625. The average Bonchev–Trinajstić information content (AvgIpc) is 1.89. The molecule has 0 unspecified atom stereocenters.